The minimum atomic E-state index is -0.772. The molecule has 6 heteroatoms. The molecule has 0 radical (unpaired) electrons. The van der Waals surface area contributed by atoms with Crippen LogP contribution in [0, 0.1) is 0 Å². The number of aromatic hydroxyl groups is 1. The zero-order valence-corrected chi connectivity index (χ0v) is 14.2. The Kier molecular flexibility index (Phi) is 6.39. The highest BCUT2D eigenvalue weighted by atomic mass is 16.5. The average Bonchev–Trinajstić information content (AvgIpc) is 2.64. The molecule has 0 aromatic heterocycles. The molecule has 0 fully saturated rings. The summed E-state index contributed by atoms with van der Waals surface area (Å²) >= 11 is 0. The fourth-order valence-electron chi connectivity index (χ4n) is 2.24. The monoisotopic (exact) mass is 343 g/mol. The summed E-state index contributed by atoms with van der Waals surface area (Å²) in [5.41, 5.74) is 1.09. The molecule has 0 aliphatic rings. The van der Waals surface area contributed by atoms with Crippen molar-refractivity contribution in [3.63, 3.8) is 0 Å². The van der Waals surface area contributed by atoms with Gasteiger partial charge >= 0.3 is 5.97 Å². The van der Waals surface area contributed by atoms with E-state index in [1.807, 2.05) is 37.3 Å². The number of hydrogen-bond donors (Lipinski definition) is 2. The third kappa shape index (κ3) is 5.24. The SMILES string of the molecule is COc1ccc(C(=O)OCC(=O)NC[C@H](C)c2ccccc2)c(O)c1. The molecule has 0 unspecified atom stereocenters. The maximum atomic E-state index is 11.9. The van der Waals surface area contributed by atoms with Crippen LogP contribution in [0.15, 0.2) is 48.5 Å². The predicted molar refractivity (Wildman–Crippen MR) is 92.8 cm³/mol. The maximum absolute atomic E-state index is 11.9. The van der Waals surface area contributed by atoms with Crippen molar-refractivity contribution in [3.05, 3.63) is 59.7 Å². The van der Waals surface area contributed by atoms with E-state index in [4.69, 9.17) is 9.47 Å². The second kappa shape index (κ2) is 8.73. The lowest BCUT2D eigenvalue weighted by Gasteiger charge is -2.13. The topological polar surface area (TPSA) is 84.9 Å². The highest BCUT2D eigenvalue weighted by Crippen LogP contribution is 2.23. The molecule has 0 saturated heterocycles. The van der Waals surface area contributed by atoms with Crippen LogP contribution in [0.25, 0.3) is 0 Å². The van der Waals surface area contributed by atoms with Crippen LogP contribution >= 0.6 is 0 Å². The van der Waals surface area contributed by atoms with Crippen LogP contribution in [-0.4, -0.2) is 37.2 Å². The number of rotatable bonds is 7. The van der Waals surface area contributed by atoms with Crippen molar-refractivity contribution in [2.24, 2.45) is 0 Å². The van der Waals surface area contributed by atoms with Crippen LogP contribution in [0.5, 0.6) is 11.5 Å². The van der Waals surface area contributed by atoms with Crippen LogP contribution in [0.4, 0.5) is 0 Å². The Balaban J connectivity index is 1.80. The second-order valence-corrected chi connectivity index (χ2v) is 5.58. The Morgan fingerprint density at radius 3 is 2.52 bits per heavy atom. The van der Waals surface area contributed by atoms with Crippen LogP contribution in [-0.2, 0) is 9.53 Å². The Morgan fingerprint density at radius 1 is 1.16 bits per heavy atom. The molecule has 0 aliphatic carbocycles. The first-order valence-corrected chi connectivity index (χ1v) is 7.87. The minimum absolute atomic E-state index is 0.0220. The molecule has 2 N–H and O–H groups in total. The fraction of sp³-hybridized carbons (Fsp3) is 0.263. The molecular formula is C19H21NO5. The van der Waals surface area contributed by atoms with Gasteiger partial charge in [0.2, 0.25) is 0 Å². The summed E-state index contributed by atoms with van der Waals surface area (Å²) in [7, 11) is 1.45. The van der Waals surface area contributed by atoms with Crippen LogP contribution < -0.4 is 10.1 Å². The molecule has 0 spiro atoms. The molecular weight excluding hydrogens is 322 g/mol. The average molecular weight is 343 g/mol. The molecule has 0 saturated carbocycles. The fourth-order valence-corrected chi connectivity index (χ4v) is 2.24. The van der Waals surface area contributed by atoms with Crippen molar-refractivity contribution in [1.29, 1.82) is 0 Å². The van der Waals surface area contributed by atoms with Crippen molar-refractivity contribution < 1.29 is 24.2 Å². The summed E-state index contributed by atoms with van der Waals surface area (Å²) in [5, 5.41) is 12.5. The van der Waals surface area contributed by atoms with E-state index in [0.717, 1.165) is 5.56 Å². The summed E-state index contributed by atoms with van der Waals surface area (Å²) < 4.78 is 9.87. The highest BCUT2D eigenvalue weighted by molar-refractivity contribution is 5.94. The number of hydrogen-bond acceptors (Lipinski definition) is 5. The van der Waals surface area contributed by atoms with Crippen molar-refractivity contribution in [3.8, 4) is 11.5 Å². The van der Waals surface area contributed by atoms with E-state index in [1.54, 1.807) is 0 Å². The molecule has 25 heavy (non-hydrogen) atoms. The van der Waals surface area contributed by atoms with E-state index in [1.165, 1.54) is 25.3 Å². The number of benzene rings is 2. The number of carbonyl (C=O) groups excluding carboxylic acids is 2. The quantitative estimate of drug-likeness (QED) is 0.755. The molecule has 2 aromatic rings. The molecule has 0 heterocycles. The van der Waals surface area contributed by atoms with Gasteiger partial charge in [0.05, 0.1) is 7.11 Å². The first-order chi connectivity index (χ1) is 12.0. The van der Waals surface area contributed by atoms with Gasteiger partial charge in [-0.05, 0) is 23.6 Å². The largest absolute Gasteiger partial charge is 0.507 e. The zero-order valence-electron chi connectivity index (χ0n) is 14.2. The number of methoxy groups -OCH3 is 1. The number of carbonyl (C=O) groups is 2. The van der Waals surface area contributed by atoms with Gasteiger partial charge in [-0.2, -0.15) is 0 Å². The van der Waals surface area contributed by atoms with E-state index in [-0.39, 0.29) is 17.2 Å². The third-order valence-electron chi connectivity index (χ3n) is 3.73. The number of ether oxygens (including phenoxy) is 2. The third-order valence-corrected chi connectivity index (χ3v) is 3.73. The Labute approximate surface area is 146 Å². The van der Waals surface area contributed by atoms with Gasteiger partial charge in [-0.3, -0.25) is 4.79 Å². The lowest BCUT2D eigenvalue weighted by Crippen LogP contribution is -2.31. The molecule has 0 aliphatic heterocycles. The first-order valence-electron chi connectivity index (χ1n) is 7.87. The summed E-state index contributed by atoms with van der Waals surface area (Å²) in [6, 6.07) is 14.0. The smallest absolute Gasteiger partial charge is 0.342 e. The van der Waals surface area contributed by atoms with Gasteiger partial charge in [-0.25, -0.2) is 4.79 Å². The van der Waals surface area contributed by atoms with E-state index >= 15 is 0 Å². The van der Waals surface area contributed by atoms with Crippen molar-refractivity contribution >= 4 is 11.9 Å². The van der Waals surface area contributed by atoms with E-state index in [0.29, 0.717) is 12.3 Å². The minimum Gasteiger partial charge on any atom is -0.507 e. The number of amides is 1. The van der Waals surface area contributed by atoms with Crippen LogP contribution in [0.2, 0.25) is 0 Å². The Morgan fingerprint density at radius 2 is 1.88 bits per heavy atom. The van der Waals surface area contributed by atoms with Gasteiger partial charge in [0.15, 0.2) is 6.61 Å². The van der Waals surface area contributed by atoms with Gasteiger partial charge < -0.3 is 19.9 Å². The summed E-state index contributed by atoms with van der Waals surface area (Å²) in [6.45, 7) is 2.02. The molecule has 132 valence electrons. The van der Waals surface area contributed by atoms with E-state index < -0.39 is 18.5 Å². The Bertz CT molecular complexity index is 730. The number of esters is 1. The van der Waals surface area contributed by atoms with Crippen molar-refractivity contribution in [2.75, 3.05) is 20.3 Å². The van der Waals surface area contributed by atoms with Crippen molar-refractivity contribution in [2.45, 2.75) is 12.8 Å². The predicted octanol–water partition coefficient (Wildman–Crippen LogP) is 2.48. The molecule has 1 amide bonds. The molecule has 0 bridgehead atoms. The normalized spacial score (nSPS) is 11.4. The number of phenols is 1. The first kappa shape index (κ1) is 18.3. The van der Waals surface area contributed by atoms with Crippen LogP contribution in [0.3, 0.4) is 0 Å². The molecule has 1 atom stereocenters. The van der Waals surface area contributed by atoms with Gasteiger partial charge in [0.25, 0.3) is 5.91 Å². The zero-order chi connectivity index (χ0) is 18.2. The second-order valence-electron chi connectivity index (χ2n) is 5.58. The van der Waals surface area contributed by atoms with Gasteiger partial charge in [0.1, 0.15) is 17.1 Å². The van der Waals surface area contributed by atoms with Gasteiger partial charge in [0, 0.05) is 12.6 Å². The highest BCUT2D eigenvalue weighted by Gasteiger charge is 2.15. The van der Waals surface area contributed by atoms with Gasteiger partial charge in [-0.1, -0.05) is 37.3 Å². The molecule has 2 aromatic carbocycles. The lowest BCUT2D eigenvalue weighted by atomic mass is 10.0. The Hall–Kier alpha value is -3.02. The number of phenolic OH excluding ortho intramolecular Hbond substituents is 1. The van der Waals surface area contributed by atoms with E-state index in [9.17, 15) is 14.7 Å². The van der Waals surface area contributed by atoms with Crippen LogP contribution in [0.1, 0.15) is 28.8 Å². The standard InChI is InChI=1S/C19H21NO5/c1-13(14-6-4-3-5-7-14)11-20-18(22)12-25-19(23)16-9-8-15(24-2)10-17(16)21/h3-10,13,21H,11-12H2,1-2H3,(H,20,22)/t13-/m0/s1. The summed E-state index contributed by atoms with van der Waals surface area (Å²) in [4.78, 5) is 23.8. The summed E-state index contributed by atoms with van der Waals surface area (Å²) in [5.74, 6) is -0.869. The summed E-state index contributed by atoms with van der Waals surface area (Å²) in [6.07, 6.45) is 0. The van der Waals surface area contributed by atoms with Crippen molar-refractivity contribution in [1.82, 2.24) is 5.32 Å². The molecule has 2 rings (SSSR count). The number of nitrogens with one attached hydrogen (secondary N) is 1. The molecule has 6 nitrogen and oxygen atoms in total. The lowest BCUT2D eigenvalue weighted by molar-refractivity contribution is -0.124. The van der Waals surface area contributed by atoms with Gasteiger partial charge in [-0.15, -0.1) is 0 Å². The van der Waals surface area contributed by atoms with E-state index in [2.05, 4.69) is 5.32 Å². The maximum Gasteiger partial charge on any atom is 0.342 e.